The van der Waals surface area contributed by atoms with Crippen molar-refractivity contribution >= 4 is 11.8 Å². The van der Waals surface area contributed by atoms with E-state index in [1.165, 1.54) is 0 Å². The van der Waals surface area contributed by atoms with Crippen molar-refractivity contribution in [2.75, 3.05) is 39.4 Å². The van der Waals surface area contributed by atoms with E-state index in [4.69, 9.17) is 9.47 Å². The van der Waals surface area contributed by atoms with Crippen molar-refractivity contribution in [3.8, 4) is 0 Å². The molecule has 2 heterocycles. The zero-order valence-corrected chi connectivity index (χ0v) is 13.3. The Balaban J connectivity index is 2.48. The van der Waals surface area contributed by atoms with Gasteiger partial charge in [0, 0.05) is 13.8 Å². The SMILES string of the molecule is CC(=O)N1CC2(CN(C(C)=O)CC([N+](=O)[O-])([N+](=O)[O-])C1)OCCO2. The molecule has 12 nitrogen and oxygen atoms in total. The standard InChI is InChI=1S/C12H18N4O8/c1-9(17)13-5-11(15(19)20,16(21)22)6-14(10(2)18)8-12(7-13)23-3-4-24-12/h3-8H2,1-2H3. The van der Waals surface area contributed by atoms with Crippen LogP contribution in [0, 0.1) is 20.2 Å². The van der Waals surface area contributed by atoms with Crippen LogP contribution in [-0.2, 0) is 19.1 Å². The Hall–Kier alpha value is -2.34. The first-order valence-electron chi connectivity index (χ1n) is 7.20. The van der Waals surface area contributed by atoms with Crippen LogP contribution in [0.2, 0.25) is 0 Å². The van der Waals surface area contributed by atoms with E-state index in [1.54, 1.807) is 0 Å². The molecule has 24 heavy (non-hydrogen) atoms. The molecular weight excluding hydrogens is 328 g/mol. The van der Waals surface area contributed by atoms with E-state index in [0.29, 0.717) is 0 Å². The average Bonchev–Trinajstić information content (AvgIpc) is 2.90. The number of hydrogen-bond acceptors (Lipinski definition) is 8. The molecule has 0 aromatic carbocycles. The average molecular weight is 346 g/mol. The summed E-state index contributed by atoms with van der Waals surface area (Å²) in [5.74, 6) is -2.51. The molecule has 12 heteroatoms. The second kappa shape index (κ2) is 6.28. The van der Waals surface area contributed by atoms with Gasteiger partial charge in [0.25, 0.3) is 0 Å². The number of carbonyl (C=O) groups is 2. The van der Waals surface area contributed by atoms with Crippen molar-refractivity contribution in [3.63, 3.8) is 0 Å². The van der Waals surface area contributed by atoms with Crippen LogP contribution < -0.4 is 0 Å². The van der Waals surface area contributed by atoms with Crippen LogP contribution in [0.1, 0.15) is 13.8 Å². The van der Waals surface area contributed by atoms with Crippen molar-refractivity contribution < 1.29 is 28.9 Å². The fraction of sp³-hybridized carbons (Fsp3) is 0.833. The molecule has 1 spiro atoms. The largest absolute Gasteiger partial charge is 0.492 e. The number of amides is 2. The van der Waals surface area contributed by atoms with Gasteiger partial charge < -0.3 is 19.3 Å². The molecule has 2 aliphatic heterocycles. The Morgan fingerprint density at radius 2 is 1.25 bits per heavy atom. The summed E-state index contributed by atoms with van der Waals surface area (Å²) in [5.41, 5.74) is -2.71. The van der Waals surface area contributed by atoms with Crippen molar-refractivity contribution in [1.29, 1.82) is 0 Å². The topological polar surface area (TPSA) is 145 Å². The highest BCUT2D eigenvalue weighted by molar-refractivity contribution is 5.74. The molecular formula is C12H18N4O8. The molecule has 2 fully saturated rings. The van der Waals surface area contributed by atoms with Crippen LogP contribution in [0.3, 0.4) is 0 Å². The van der Waals surface area contributed by atoms with E-state index in [2.05, 4.69) is 0 Å². The summed E-state index contributed by atoms with van der Waals surface area (Å²) in [7, 11) is 0. The van der Waals surface area contributed by atoms with Gasteiger partial charge in [0.15, 0.2) is 13.1 Å². The lowest BCUT2D eigenvalue weighted by Crippen LogP contribution is -2.68. The van der Waals surface area contributed by atoms with Crippen molar-refractivity contribution in [1.82, 2.24) is 9.80 Å². The fourth-order valence-corrected chi connectivity index (χ4v) is 2.83. The van der Waals surface area contributed by atoms with Crippen molar-refractivity contribution in [3.05, 3.63) is 20.2 Å². The lowest BCUT2D eigenvalue weighted by Gasteiger charge is -2.40. The van der Waals surface area contributed by atoms with E-state index in [9.17, 15) is 29.8 Å². The number of rotatable bonds is 2. The number of nitro groups is 2. The number of nitrogens with zero attached hydrogens (tertiary/aromatic N) is 4. The van der Waals surface area contributed by atoms with Gasteiger partial charge in [0.1, 0.15) is 9.85 Å². The molecule has 0 bridgehead atoms. The van der Waals surface area contributed by atoms with Crippen LogP contribution in [0.4, 0.5) is 0 Å². The molecule has 0 unspecified atom stereocenters. The lowest BCUT2D eigenvalue weighted by atomic mass is 10.1. The Bertz CT molecular complexity index is 529. The van der Waals surface area contributed by atoms with Gasteiger partial charge >= 0.3 is 5.66 Å². The minimum Gasteiger partial charge on any atom is -0.344 e. The zero-order valence-electron chi connectivity index (χ0n) is 13.3. The molecule has 2 rings (SSSR count). The van der Waals surface area contributed by atoms with Gasteiger partial charge in [0.2, 0.25) is 17.6 Å². The maximum Gasteiger partial charge on any atom is 0.492 e. The second-order valence-corrected chi connectivity index (χ2v) is 5.85. The van der Waals surface area contributed by atoms with Gasteiger partial charge in [-0.15, -0.1) is 0 Å². The van der Waals surface area contributed by atoms with Crippen molar-refractivity contribution in [2.24, 2.45) is 0 Å². The third-order valence-corrected chi connectivity index (χ3v) is 4.14. The number of carbonyl (C=O) groups excluding carboxylic acids is 2. The molecule has 0 aromatic heterocycles. The van der Waals surface area contributed by atoms with E-state index < -0.39 is 46.2 Å². The third kappa shape index (κ3) is 3.14. The third-order valence-electron chi connectivity index (χ3n) is 4.14. The minimum atomic E-state index is -2.71. The molecule has 0 aromatic rings. The maximum atomic E-state index is 11.8. The molecule has 134 valence electrons. The summed E-state index contributed by atoms with van der Waals surface area (Å²) in [6.45, 7) is 0.696. The van der Waals surface area contributed by atoms with Gasteiger partial charge in [-0.05, 0) is 0 Å². The smallest absolute Gasteiger partial charge is 0.344 e. The summed E-state index contributed by atoms with van der Waals surface area (Å²) >= 11 is 0. The molecule has 2 amide bonds. The highest BCUT2D eigenvalue weighted by atomic mass is 16.7. The maximum absolute atomic E-state index is 11.8. The Kier molecular flexibility index (Phi) is 4.71. The van der Waals surface area contributed by atoms with E-state index >= 15 is 0 Å². The van der Waals surface area contributed by atoms with Crippen LogP contribution in [0.5, 0.6) is 0 Å². The first-order valence-corrected chi connectivity index (χ1v) is 7.20. The van der Waals surface area contributed by atoms with Crippen LogP contribution >= 0.6 is 0 Å². The van der Waals surface area contributed by atoms with E-state index in [-0.39, 0.29) is 26.3 Å². The quantitative estimate of drug-likeness (QED) is 0.340. The van der Waals surface area contributed by atoms with Gasteiger partial charge in [-0.25, -0.2) is 0 Å². The molecule has 2 saturated heterocycles. The Morgan fingerprint density at radius 3 is 1.54 bits per heavy atom. The van der Waals surface area contributed by atoms with Crippen LogP contribution in [-0.4, -0.2) is 82.3 Å². The van der Waals surface area contributed by atoms with Crippen molar-refractivity contribution in [2.45, 2.75) is 25.3 Å². The molecule has 0 saturated carbocycles. The van der Waals surface area contributed by atoms with Gasteiger partial charge in [-0.1, -0.05) is 0 Å². The zero-order chi connectivity index (χ0) is 18.1. The molecule has 0 radical (unpaired) electrons. The normalized spacial score (nSPS) is 22.8. The number of hydrogen-bond donors (Lipinski definition) is 0. The first-order chi connectivity index (χ1) is 11.1. The molecule has 0 N–H and O–H groups in total. The minimum absolute atomic E-state index is 0.229. The Morgan fingerprint density at radius 1 is 0.875 bits per heavy atom. The summed E-state index contributed by atoms with van der Waals surface area (Å²) in [6.07, 6.45) is 0. The van der Waals surface area contributed by atoms with Gasteiger partial charge in [-0.3, -0.25) is 29.8 Å². The summed E-state index contributed by atoms with van der Waals surface area (Å²) in [5, 5.41) is 22.9. The number of ether oxygens (including phenoxy) is 2. The van der Waals surface area contributed by atoms with Crippen LogP contribution in [0.15, 0.2) is 0 Å². The van der Waals surface area contributed by atoms with Crippen LogP contribution in [0.25, 0.3) is 0 Å². The summed E-state index contributed by atoms with van der Waals surface area (Å²) in [6, 6.07) is 0. The predicted molar refractivity (Wildman–Crippen MR) is 75.9 cm³/mol. The molecule has 2 aliphatic rings. The Labute approximate surface area is 136 Å². The fourth-order valence-electron chi connectivity index (χ4n) is 2.83. The van der Waals surface area contributed by atoms with E-state index in [1.807, 2.05) is 0 Å². The van der Waals surface area contributed by atoms with Gasteiger partial charge in [0.05, 0.1) is 26.3 Å². The monoisotopic (exact) mass is 346 g/mol. The predicted octanol–water partition coefficient (Wildman–Crippen LogP) is -1.31. The molecule has 0 atom stereocenters. The second-order valence-electron chi connectivity index (χ2n) is 5.85. The van der Waals surface area contributed by atoms with E-state index in [0.717, 1.165) is 23.6 Å². The molecule has 0 aliphatic carbocycles. The lowest BCUT2D eigenvalue weighted by molar-refractivity contribution is -0.795. The highest BCUT2D eigenvalue weighted by Gasteiger charge is 2.62. The highest BCUT2D eigenvalue weighted by Crippen LogP contribution is 2.28. The summed E-state index contributed by atoms with van der Waals surface area (Å²) in [4.78, 5) is 46.4. The van der Waals surface area contributed by atoms with Gasteiger partial charge in [-0.2, -0.15) is 0 Å². The first kappa shape index (κ1) is 18.0. The summed E-state index contributed by atoms with van der Waals surface area (Å²) < 4.78 is 11.0.